The van der Waals surface area contributed by atoms with Crippen LogP contribution in [0.3, 0.4) is 0 Å². The number of aromatic nitrogens is 5. The van der Waals surface area contributed by atoms with Gasteiger partial charge in [0.15, 0.2) is 0 Å². The second kappa shape index (κ2) is 7.35. The number of likely N-dealkylation sites (tertiary alicyclic amines) is 1. The van der Waals surface area contributed by atoms with Crippen LogP contribution in [-0.4, -0.2) is 47.2 Å². The van der Waals surface area contributed by atoms with Gasteiger partial charge >= 0.3 is 0 Å². The number of pyridine rings is 1. The monoisotopic (exact) mass is 393 g/mol. The van der Waals surface area contributed by atoms with Gasteiger partial charge in [0.2, 0.25) is 5.91 Å². The Kier molecular flexibility index (Phi) is 4.86. The molecule has 8 nitrogen and oxygen atoms in total. The highest BCUT2D eigenvalue weighted by Gasteiger charge is 2.45. The SMILES string of the molecule is Cn1cc([C@H]2[C@H](CNc3cccc(-n4ccnc4)n3)CC(=O)N2C(C)(C)C)cn1. The van der Waals surface area contributed by atoms with E-state index in [1.54, 1.807) is 17.2 Å². The Labute approximate surface area is 170 Å². The maximum atomic E-state index is 12.9. The van der Waals surface area contributed by atoms with Crippen molar-refractivity contribution in [1.82, 2.24) is 29.2 Å². The van der Waals surface area contributed by atoms with Crippen LogP contribution in [0.5, 0.6) is 0 Å². The number of rotatable bonds is 5. The number of aryl methyl sites for hydroxylation is 1. The molecule has 3 aromatic rings. The van der Waals surface area contributed by atoms with Crippen molar-refractivity contribution < 1.29 is 4.79 Å². The molecule has 1 aliphatic heterocycles. The zero-order valence-corrected chi connectivity index (χ0v) is 17.3. The van der Waals surface area contributed by atoms with E-state index in [9.17, 15) is 4.79 Å². The Hall–Kier alpha value is -3.16. The van der Waals surface area contributed by atoms with Crippen LogP contribution in [0.25, 0.3) is 5.82 Å². The molecule has 1 amide bonds. The van der Waals surface area contributed by atoms with E-state index in [1.165, 1.54) is 0 Å². The maximum Gasteiger partial charge on any atom is 0.223 e. The number of nitrogens with zero attached hydrogens (tertiary/aromatic N) is 6. The molecule has 152 valence electrons. The minimum Gasteiger partial charge on any atom is -0.370 e. The molecule has 4 rings (SSSR count). The number of carbonyl (C=O) groups is 1. The minimum atomic E-state index is -0.258. The Morgan fingerprint density at radius 1 is 1.28 bits per heavy atom. The third-order valence-electron chi connectivity index (χ3n) is 5.27. The topological polar surface area (TPSA) is 80.9 Å². The van der Waals surface area contributed by atoms with Gasteiger partial charge in [-0.15, -0.1) is 0 Å². The number of hydrogen-bond acceptors (Lipinski definition) is 5. The van der Waals surface area contributed by atoms with Crippen LogP contribution in [0.4, 0.5) is 5.82 Å². The molecule has 0 aliphatic carbocycles. The summed E-state index contributed by atoms with van der Waals surface area (Å²) in [5, 5.41) is 7.77. The minimum absolute atomic E-state index is 0.0134. The van der Waals surface area contributed by atoms with Gasteiger partial charge in [-0.1, -0.05) is 6.07 Å². The summed E-state index contributed by atoms with van der Waals surface area (Å²) in [6.07, 6.45) is 9.69. The Morgan fingerprint density at radius 2 is 2.10 bits per heavy atom. The lowest BCUT2D eigenvalue weighted by atomic mass is 9.93. The number of hydrogen-bond donors (Lipinski definition) is 1. The zero-order valence-electron chi connectivity index (χ0n) is 17.3. The van der Waals surface area contributed by atoms with Crippen LogP contribution in [0.2, 0.25) is 0 Å². The molecule has 0 aromatic carbocycles. The normalized spacial score (nSPS) is 19.7. The van der Waals surface area contributed by atoms with Crippen LogP contribution in [-0.2, 0) is 11.8 Å². The molecule has 0 spiro atoms. The Morgan fingerprint density at radius 3 is 2.76 bits per heavy atom. The van der Waals surface area contributed by atoms with Gasteiger partial charge in [-0.3, -0.25) is 14.0 Å². The molecule has 4 heterocycles. The van der Waals surface area contributed by atoms with Crippen LogP contribution >= 0.6 is 0 Å². The largest absolute Gasteiger partial charge is 0.370 e. The van der Waals surface area contributed by atoms with Gasteiger partial charge < -0.3 is 10.2 Å². The lowest BCUT2D eigenvalue weighted by molar-refractivity contribution is -0.133. The highest BCUT2D eigenvalue weighted by atomic mass is 16.2. The van der Waals surface area contributed by atoms with E-state index < -0.39 is 0 Å². The molecular formula is C21H27N7O. The van der Waals surface area contributed by atoms with E-state index in [-0.39, 0.29) is 23.4 Å². The van der Waals surface area contributed by atoms with Crippen molar-refractivity contribution in [1.29, 1.82) is 0 Å². The van der Waals surface area contributed by atoms with E-state index in [0.717, 1.165) is 17.2 Å². The van der Waals surface area contributed by atoms with Crippen molar-refractivity contribution in [2.24, 2.45) is 13.0 Å². The predicted molar refractivity (Wildman–Crippen MR) is 111 cm³/mol. The number of anilines is 1. The van der Waals surface area contributed by atoms with Crippen molar-refractivity contribution >= 4 is 11.7 Å². The zero-order chi connectivity index (χ0) is 20.6. The van der Waals surface area contributed by atoms with Crippen molar-refractivity contribution in [3.05, 3.63) is 54.9 Å². The molecule has 3 aromatic heterocycles. The molecule has 0 unspecified atom stereocenters. The van der Waals surface area contributed by atoms with E-state index >= 15 is 0 Å². The smallest absolute Gasteiger partial charge is 0.223 e. The maximum absolute atomic E-state index is 12.9. The molecular weight excluding hydrogens is 366 g/mol. The molecule has 0 saturated carbocycles. The molecule has 29 heavy (non-hydrogen) atoms. The standard InChI is InChI=1S/C21H27N7O/c1-21(2,3)28-19(29)10-15(20(28)16-12-24-26(4)13-16)11-23-17-6-5-7-18(25-17)27-9-8-22-14-27/h5-9,12-15,20H,10-11H2,1-4H3,(H,23,25)/t15-,20+/m0/s1. The summed E-state index contributed by atoms with van der Waals surface area (Å²) in [6, 6.07) is 5.83. The van der Waals surface area contributed by atoms with Gasteiger partial charge in [-0.2, -0.15) is 5.10 Å². The molecule has 8 heteroatoms. The number of nitrogens with one attached hydrogen (secondary N) is 1. The lowest BCUT2D eigenvalue weighted by Crippen LogP contribution is -2.44. The van der Waals surface area contributed by atoms with Crippen LogP contribution in [0.1, 0.15) is 38.8 Å². The van der Waals surface area contributed by atoms with Crippen molar-refractivity contribution in [2.45, 2.75) is 38.8 Å². The molecule has 1 fully saturated rings. The Balaban J connectivity index is 1.56. The molecule has 1 N–H and O–H groups in total. The van der Waals surface area contributed by atoms with Crippen LogP contribution < -0.4 is 5.32 Å². The van der Waals surface area contributed by atoms with Crippen molar-refractivity contribution in [3.8, 4) is 5.82 Å². The van der Waals surface area contributed by atoms with Gasteiger partial charge in [0.1, 0.15) is 18.0 Å². The van der Waals surface area contributed by atoms with Crippen molar-refractivity contribution in [2.75, 3.05) is 11.9 Å². The third-order valence-corrected chi connectivity index (χ3v) is 5.27. The summed E-state index contributed by atoms with van der Waals surface area (Å²) in [6.45, 7) is 6.90. The average molecular weight is 393 g/mol. The summed E-state index contributed by atoms with van der Waals surface area (Å²) in [5.74, 6) is 1.89. The highest BCUT2D eigenvalue weighted by Crippen LogP contribution is 2.42. The summed E-state index contributed by atoms with van der Waals surface area (Å²) < 4.78 is 3.66. The summed E-state index contributed by atoms with van der Waals surface area (Å²) in [4.78, 5) is 23.6. The second-order valence-corrected chi connectivity index (χ2v) is 8.52. The van der Waals surface area contributed by atoms with E-state index in [4.69, 9.17) is 0 Å². The van der Waals surface area contributed by atoms with E-state index in [1.807, 2.05) is 53.3 Å². The number of amides is 1. The van der Waals surface area contributed by atoms with Gasteiger partial charge in [-0.05, 0) is 32.9 Å². The first-order chi connectivity index (χ1) is 13.8. The van der Waals surface area contributed by atoms with Crippen LogP contribution in [0.15, 0.2) is 49.3 Å². The van der Waals surface area contributed by atoms with E-state index in [0.29, 0.717) is 13.0 Å². The summed E-state index contributed by atoms with van der Waals surface area (Å²) in [5.41, 5.74) is 0.812. The summed E-state index contributed by atoms with van der Waals surface area (Å²) in [7, 11) is 1.90. The lowest BCUT2D eigenvalue weighted by Gasteiger charge is -2.38. The van der Waals surface area contributed by atoms with Gasteiger partial charge in [0, 0.05) is 55.6 Å². The first kappa shape index (κ1) is 19.2. The fourth-order valence-electron chi connectivity index (χ4n) is 4.09. The fraction of sp³-hybridized carbons (Fsp3) is 0.429. The fourth-order valence-corrected chi connectivity index (χ4v) is 4.09. The Bertz CT molecular complexity index is 987. The van der Waals surface area contributed by atoms with Crippen LogP contribution in [0, 0.1) is 5.92 Å². The first-order valence-corrected chi connectivity index (χ1v) is 9.83. The number of imidazole rings is 1. The molecule has 1 aliphatic rings. The molecule has 2 atom stereocenters. The molecule has 1 saturated heterocycles. The van der Waals surface area contributed by atoms with Gasteiger partial charge in [0.05, 0.1) is 12.2 Å². The quantitative estimate of drug-likeness (QED) is 0.721. The first-order valence-electron chi connectivity index (χ1n) is 9.83. The van der Waals surface area contributed by atoms with Crippen molar-refractivity contribution in [3.63, 3.8) is 0 Å². The number of carbonyl (C=O) groups excluding carboxylic acids is 1. The van der Waals surface area contributed by atoms with E-state index in [2.05, 4.69) is 41.2 Å². The average Bonchev–Trinajstić information content (AvgIpc) is 3.39. The van der Waals surface area contributed by atoms with Gasteiger partial charge in [-0.25, -0.2) is 9.97 Å². The highest BCUT2D eigenvalue weighted by molar-refractivity contribution is 5.80. The van der Waals surface area contributed by atoms with Gasteiger partial charge in [0.25, 0.3) is 0 Å². The second-order valence-electron chi connectivity index (χ2n) is 8.52. The molecule has 0 bridgehead atoms. The third kappa shape index (κ3) is 3.87. The predicted octanol–water partition coefficient (Wildman–Crippen LogP) is 2.80. The molecule has 0 radical (unpaired) electrons. The summed E-state index contributed by atoms with van der Waals surface area (Å²) >= 11 is 0.